The topological polar surface area (TPSA) is 65.1 Å². The van der Waals surface area contributed by atoms with Gasteiger partial charge in [-0.25, -0.2) is 0 Å². The van der Waals surface area contributed by atoms with Crippen molar-refractivity contribution in [3.8, 4) is 17.2 Å². The molecule has 0 atom stereocenters. The summed E-state index contributed by atoms with van der Waals surface area (Å²) in [6, 6.07) is 12.7. The van der Waals surface area contributed by atoms with Gasteiger partial charge in [0.1, 0.15) is 0 Å². The van der Waals surface area contributed by atoms with Crippen molar-refractivity contribution in [3.63, 3.8) is 0 Å². The molecule has 0 aliphatic carbocycles. The standard InChI is InChI=1S/C20H19NO5/c1-24-16-10-9-14(18(25-2)19(16)26-3)15-11-17(22)21(20(15)23)12-13-7-5-4-6-8-13/h4-11H,12H2,1-3H3. The minimum atomic E-state index is -0.371. The summed E-state index contributed by atoms with van der Waals surface area (Å²) in [4.78, 5) is 26.4. The number of carbonyl (C=O) groups excluding carboxylic acids is 2. The van der Waals surface area contributed by atoms with Crippen LogP contribution >= 0.6 is 0 Å². The molecule has 3 rings (SSSR count). The van der Waals surface area contributed by atoms with Crippen molar-refractivity contribution in [1.82, 2.24) is 4.90 Å². The predicted octanol–water partition coefficient (Wildman–Crippen LogP) is 2.66. The summed E-state index contributed by atoms with van der Waals surface area (Å²) in [5.41, 5.74) is 1.63. The van der Waals surface area contributed by atoms with Gasteiger partial charge in [-0.2, -0.15) is 0 Å². The Morgan fingerprint density at radius 3 is 2.15 bits per heavy atom. The number of nitrogens with zero attached hydrogens (tertiary/aromatic N) is 1. The van der Waals surface area contributed by atoms with Gasteiger partial charge in [0.2, 0.25) is 5.75 Å². The number of methoxy groups -OCH3 is 3. The van der Waals surface area contributed by atoms with Crippen LogP contribution in [0.4, 0.5) is 0 Å². The first-order valence-corrected chi connectivity index (χ1v) is 8.01. The third kappa shape index (κ3) is 3.01. The van der Waals surface area contributed by atoms with E-state index in [9.17, 15) is 9.59 Å². The lowest BCUT2D eigenvalue weighted by molar-refractivity contribution is -0.137. The van der Waals surface area contributed by atoms with Gasteiger partial charge >= 0.3 is 0 Å². The number of imide groups is 1. The normalized spacial score (nSPS) is 13.7. The van der Waals surface area contributed by atoms with Gasteiger partial charge in [-0.1, -0.05) is 30.3 Å². The molecule has 2 aromatic rings. The van der Waals surface area contributed by atoms with Gasteiger partial charge in [-0.3, -0.25) is 14.5 Å². The zero-order valence-electron chi connectivity index (χ0n) is 14.8. The van der Waals surface area contributed by atoms with Gasteiger partial charge in [0.15, 0.2) is 11.5 Å². The molecular weight excluding hydrogens is 334 g/mol. The molecule has 0 aromatic heterocycles. The first-order chi connectivity index (χ1) is 12.6. The van der Waals surface area contributed by atoms with E-state index in [1.165, 1.54) is 32.3 Å². The molecule has 6 heteroatoms. The first kappa shape index (κ1) is 17.5. The quantitative estimate of drug-likeness (QED) is 0.747. The fourth-order valence-corrected chi connectivity index (χ4v) is 2.93. The van der Waals surface area contributed by atoms with Crippen LogP contribution in [0.5, 0.6) is 17.2 Å². The molecule has 0 bridgehead atoms. The predicted molar refractivity (Wildman–Crippen MR) is 96.1 cm³/mol. The van der Waals surface area contributed by atoms with Crippen molar-refractivity contribution in [1.29, 1.82) is 0 Å². The Labute approximate surface area is 151 Å². The second-order valence-corrected chi connectivity index (χ2v) is 5.66. The average Bonchev–Trinajstić information content (AvgIpc) is 2.95. The van der Waals surface area contributed by atoms with E-state index in [1.54, 1.807) is 12.1 Å². The molecule has 6 nitrogen and oxygen atoms in total. The van der Waals surface area contributed by atoms with E-state index >= 15 is 0 Å². The second-order valence-electron chi connectivity index (χ2n) is 5.66. The lowest BCUT2D eigenvalue weighted by Gasteiger charge is -2.18. The largest absolute Gasteiger partial charge is 0.493 e. The minimum Gasteiger partial charge on any atom is -0.493 e. The highest BCUT2D eigenvalue weighted by Gasteiger charge is 2.34. The van der Waals surface area contributed by atoms with E-state index in [0.29, 0.717) is 22.8 Å². The van der Waals surface area contributed by atoms with Crippen molar-refractivity contribution in [2.24, 2.45) is 0 Å². The zero-order chi connectivity index (χ0) is 18.7. The van der Waals surface area contributed by atoms with Gasteiger partial charge in [0.25, 0.3) is 11.8 Å². The fourth-order valence-electron chi connectivity index (χ4n) is 2.93. The summed E-state index contributed by atoms with van der Waals surface area (Å²) in [5, 5.41) is 0. The van der Waals surface area contributed by atoms with Gasteiger partial charge < -0.3 is 14.2 Å². The molecule has 2 amide bonds. The van der Waals surface area contributed by atoms with Crippen LogP contribution in [-0.2, 0) is 16.1 Å². The lowest BCUT2D eigenvalue weighted by atomic mass is 10.0. The molecule has 0 N–H and O–H groups in total. The van der Waals surface area contributed by atoms with Crippen LogP contribution in [0.25, 0.3) is 5.57 Å². The van der Waals surface area contributed by atoms with E-state index in [1.807, 2.05) is 30.3 Å². The van der Waals surface area contributed by atoms with Crippen LogP contribution in [0.3, 0.4) is 0 Å². The van der Waals surface area contributed by atoms with Gasteiger partial charge in [-0.15, -0.1) is 0 Å². The Hall–Kier alpha value is -3.28. The summed E-state index contributed by atoms with van der Waals surface area (Å²) < 4.78 is 16.0. The molecule has 0 spiro atoms. The molecule has 0 radical (unpaired) electrons. The second kappa shape index (κ2) is 7.31. The van der Waals surface area contributed by atoms with Crippen molar-refractivity contribution < 1.29 is 23.8 Å². The van der Waals surface area contributed by atoms with E-state index in [0.717, 1.165) is 5.56 Å². The SMILES string of the molecule is COc1ccc(C2=CC(=O)N(Cc3ccccc3)C2=O)c(OC)c1OC. The van der Waals surface area contributed by atoms with E-state index in [-0.39, 0.29) is 23.9 Å². The molecule has 1 aliphatic rings. The van der Waals surface area contributed by atoms with Crippen molar-refractivity contribution in [2.45, 2.75) is 6.54 Å². The molecule has 0 saturated carbocycles. The van der Waals surface area contributed by atoms with Crippen molar-refractivity contribution >= 4 is 17.4 Å². The zero-order valence-corrected chi connectivity index (χ0v) is 14.8. The van der Waals surface area contributed by atoms with Crippen LogP contribution in [0, 0.1) is 0 Å². The smallest absolute Gasteiger partial charge is 0.261 e. The number of hydrogen-bond donors (Lipinski definition) is 0. The fraction of sp³-hybridized carbons (Fsp3) is 0.200. The molecule has 0 unspecified atom stereocenters. The van der Waals surface area contributed by atoms with Crippen LogP contribution in [-0.4, -0.2) is 38.0 Å². The number of hydrogen-bond acceptors (Lipinski definition) is 5. The Kier molecular flexibility index (Phi) is 4.93. The average molecular weight is 353 g/mol. The van der Waals surface area contributed by atoms with E-state index in [4.69, 9.17) is 14.2 Å². The van der Waals surface area contributed by atoms with Crippen LogP contribution in [0.1, 0.15) is 11.1 Å². The lowest BCUT2D eigenvalue weighted by Crippen LogP contribution is -2.30. The third-order valence-electron chi connectivity index (χ3n) is 4.19. The van der Waals surface area contributed by atoms with Gasteiger partial charge in [0, 0.05) is 11.6 Å². The molecule has 2 aromatic carbocycles. The summed E-state index contributed by atoms with van der Waals surface area (Å²) in [6.45, 7) is 0.216. The molecular formula is C20H19NO5. The Morgan fingerprint density at radius 2 is 1.54 bits per heavy atom. The maximum absolute atomic E-state index is 12.9. The number of rotatable bonds is 6. The first-order valence-electron chi connectivity index (χ1n) is 8.01. The maximum Gasteiger partial charge on any atom is 0.261 e. The number of carbonyl (C=O) groups is 2. The summed E-state index contributed by atoms with van der Waals surface area (Å²) in [7, 11) is 4.48. The molecule has 1 aliphatic heterocycles. The molecule has 26 heavy (non-hydrogen) atoms. The van der Waals surface area contributed by atoms with E-state index in [2.05, 4.69) is 0 Å². The highest BCUT2D eigenvalue weighted by molar-refractivity contribution is 6.33. The summed E-state index contributed by atoms with van der Waals surface area (Å²) >= 11 is 0. The van der Waals surface area contributed by atoms with Crippen LogP contribution in [0.15, 0.2) is 48.5 Å². The highest BCUT2D eigenvalue weighted by Crippen LogP contribution is 2.43. The molecule has 0 saturated heterocycles. The summed E-state index contributed by atoms with van der Waals surface area (Å²) in [6.07, 6.45) is 1.33. The number of benzene rings is 2. The highest BCUT2D eigenvalue weighted by atomic mass is 16.5. The van der Waals surface area contributed by atoms with E-state index < -0.39 is 0 Å². The Balaban J connectivity index is 1.97. The van der Waals surface area contributed by atoms with Gasteiger partial charge in [-0.05, 0) is 17.7 Å². The molecule has 0 fully saturated rings. The molecule has 134 valence electrons. The van der Waals surface area contributed by atoms with Gasteiger partial charge in [0.05, 0.1) is 33.4 Å². The Bertz CT molecular complexity index is 873. The molecule has 1 heterocycles. The third-order valence-corrected chi connectivity index (χ3v) is 4.19. The monoisotopic (exact) mass is 353 g/mol. The number of amides is 2. The Morgan fingerprint density at radius 1 is 0.846 bits per heavy atom. The maximum atomic E-state index is 12.9. The number of ether oxygens (including phenoxy) is 3. The summed E-state index contributed by atoms with van der Waals surface area (Å²) in [5.74, 6) is 0.470. The van der Waals surface area contributed by atoms with Crippen LogP contribution < -0.4 is 14.2 Å². The van der Waals surface area contributed by atoms with Crippen molar-refractivity contribution in [3.05, 3.63) is 59.7 Å². The van der Waals surface area contributed by atoms with Crippen LogP contribution in [0.2, 0.25) is 0 Å². The van der Waals surface area contributed by atoms with Crippen molar-refractivity contribution in [2.75, 3.05) is 21.3 Å². The minimum absolute atomic E-state index is 0.216.